The summed E-state index contributed by atoms with van der Waals surface area (Å²) >= 11 is 0. The molecule has 1 atom stereocenters. The second-order valence-corrected chi connectivity index (χ2v) is 6.56. The molecule has 0 aliphatic carbocycles. The molecular weight excluding hydrogens is 383 g/mol. The Morgan fingerprint density at radius 2 is 1.86 bits per heavy atom. The van der Waals surface area contributed by atoms with Crippen molar-refractivity contribution >= 4 is 17.3 Å². The van der Waals surface area contributed by atoms with Crippen molar-refractivity contribution in [2.75, 3.05) is 5.32 Å². The number of aromatic nitrogens is 4. The Kier molecular flexibility index (Phi) is 4.57. The molecule has 0 radical (unpaired) electrons. The summed E-state index contributed by atoms with van der Waals surface area (Å²) in [5.74, 6) is 0.136. The number of benzene rings is 1. The van der Waals surface area contributed by atoms with Crippen LogP contribution < -0.4 is 10.9 Å². The van der Waals surface area contributed by atoms with Crippen LogP contribution >= 0.6 is 0 Å². The second kappa shape index (κ2) is 7.08. The van der Waals surface area contributed by atoms with E-state index in [0.717, 1.165) is 23.4 Å². The molecule has 148 valence electrons. The number of rotatable bonds is 4. The maximum atomic E-state index is 12.7. The molecule has 0 spiro atoms. The van der Waals surface area contributed by atoms with Crippen LogP contribution in [-0.2, 0) is 6.18 Å². The molecule has 3 aromatic heterocycles. The summed E-state index contributed by atoms with van der Waals surface area (Å²) in [6, 6.07) is 13.5. The molecule has 3 heterocycles. The zero-order valence-corrected chi connectivity index (χ0v) is 15.2. The van der Waals surface area contributed by atoms with E-state index in [2.05, 4.69) is 20.4 Å². The molecule has 4 aromatic rings. The molecule has 0 bridgehead atoms. The van der Waals surface area contributed by atoms with Crippen molar-refractivity contribution in [1.82, 2.24) is 19.6 Å². The Morgan fingerprint density at radius 1 is 1.10 bits per heavy atom. The maximum absolute atomic E-state index is 12.7. The third-order valence-electron chi connectivity index (χ3n) is 4.60. The van der Waals surface area contributed by atoms with E-state index < -0.39 is 11.7 Å². The first-order valence-corrected chi connectivity index (χ1v) is 8.80. The minimum Gasteiger partial charge on any atom is -0.329 e. The Hall–Kier alpha value is -3.62. The van der Waals surface area contributed by atoms with E-state index in [1.165, 1.54) is 18.2 Å². The fourth-order valence-electron chi connectivity index (χ4n) is 3.08. The molecule has 6 nitrogen and oxygen atoms in total. The van der Waals surface area contributed by atoms with E-state index >= 15 is 0 Å². The Bertz CT molecular complexity index is 1210. The van der Waals surface area contributed by atoms with Gasteiger partial charge >= 0.3 is 6.18 Å². The highest BCUT2D eigenvalue weighted by molar-refractivity contribution is 5.56. The molecular formula is C20H16F3N5O. The van der Waals surface area contributed by atoms with Gasteiger partial charge in [-0.05, 0) is 48.0 Å². The number of anilines is 2. The van der Waals surface area contributed by atoms with E-state index in [-0.39, 0.29) is 17.4 Å². The topological polar surface area (TPSA) is 75.1 Å². The summed E-state index contributed by atoms with van der Waals surface area (Å²) in [6.45, 7) is 1.95. The smallest absolute Gasteiger partial charge is 0.329 e. The van der Waals surface area contributed by atoms with Crippen LogP contribution in [0.2, 0.25) is 0 Å². The average Bonchev–Trinajstić information content (AvgIpc) is 3.09. The average molecular weight is 399 g/mol. The molecule has 0 aliphatic rings. The molecule has 0 saturated carbocycles. The lowest BCUT2D eigenvalue weighted by Gasteiger charge is -2.12. The highest BCUT2D eigenvalue weighted by Gasteiger charge is 2.30. The molecule has 2 N–H and O–H groups in total. The molecule has 9 heteroatoms. The highest BCUT2D eigenvalue weighted by Crippen LogP contribution is 2.30. The normalized spacial score (nSPS) is 12.8. The summed E-state index contributed by atoms with van der Waals surface area (Å²) in [4.78, 5) is 18.6. The van der Waals surface area contributed by atoms with Gasteiger partial charge < -0.3 is 10.3 Å². The van der Waals surface area contributed by atoms with Gasteiger partial charge in [0.15, 0.2) is 5.65 Å². The molecule has 1 unspecified atom stereocenters. The minimum atomic E-state index is -4.38. The van der Waals surface area contributed by atoms with Crippen molar-refractivity contribution in [2.45, 2.75) is 19.0 Å². The van der Waals surface area contributed by atoms with Crippen LogP contribution in [0.1, 0.15) is 29.7 Å². The molecule has 1 aromatic carbocycles. The van der Waals surface area contributed by atoms with Crippen molar-refractivity contribution in [3.63, 3.8) is 0 Å². The fourth-order valence-corrected chi connectivity index (χ4v) is 3.08. The van der Waals surface area contributed by atoms with Crippen LogP contribution in [0.5, 0.6) is 0 Å². The third-order valence-corrected chi connectivity index (χ3v) is 4.60. The van der Waals surface area contributed by atoms with Crippen molar-refractivity contribution in [3.05, 3.63) is 88.0 Å². The van der Waals surface area contributed by atoms with Gasteiger partial charge in [-0.1, -0.05) is 13.0 Å². The van der Waals surface area contributed by atoms with Crippen LogP contribution in [0, 0.1) is 0 Å². The summed E-state index contributed by atoms with van der Waals surface area (Å²) < 4.78 is 39.8. The van der Waals surface area contributed by atoms with Gasteiger partial charge in [-0.15, -0.1) is 5.10 Å². The number of aromatic amines is 1. The lowest BCUT2D eigenvalue weighted by atomic mass is 9.98. The monoisotopic (exact) mass is 399 g/mol. The Labute approximate surface area is 163 Å². The van der Waals surface area contributed by atoms with Crippen LogP contribution in [0.4, 0.5) is 24.8 Å². The van der Waals surface area contributed by atoms with E-state index in [4.69, 9.17) is 0 Å². The number of H-pyrrole nitrogens is 1. The quantitative estimate of drug-likeness (QED) is 0.536. The van der Waals surface area contributed by atoms with E-state index in [0.29, 0.717) is 11.3 Å². The number of halogens is 3. The number of nitrogens with zero attached hydrogens (tertiary/aromatic N) is 3. The van der Waals surface area contributed by atoms with Gasteiger partial charge in [0, 0.05) is 23.9 Å². The predicted molar refractivity (Wildman–Crippen MR) is 102 cm³/mol. The predicted octanol–water partition coefficient (Wildman–Crippen LogP) is 4.33. The van der Waals surface area contributed by atoms with Gasteiger partial charge in [0.25, 0.3) is 0 Å². The summed E-state index contributed by atoms with van der Waals surface area (Å²) in [7, 11) is 0. The van der Waals surface area contributed by atoms with Crippen molar-refractivity contribution in [1.29, 1.82) is 0 Å². The van der Waals surface area contributed by atoms with Gasteiger partial charge in [0.1, 0.15) is 0 Å². The van der Waals surface area contributed by atoms with Crippen LogP contribution in [0.3, 0.4) is 0 Å². The Balaban J connectivity index is 1.65. The van der Waals surface area contributed by atoms with Gasteiger partial charge in [-0.25, -0.2) is 4.52 Å². The zero-order valence-electron chi connectivity index (χ0n) is 15.2. The van der Waals surface area contributed by atoms with Crippen molar-refractivity contribution in [2.24, 2.45) is 0 Å². The van der Waals surface area contributed by atoms with E-state index in [1.54, 1.807) is 16.8 Å². The summed E-state index contributed by atoms with van der Waals surface area (Å²) in [6.07, 6.45) is -2.79. The van der Waals surface area contributed by atoms with Crippen molar-refractivity contribution < 1.29 is 13.2 Å². The lowest BCUT2D eigenvalue weighted by molar-refractivity contribution is -0.137. The number of alkyl halides is 3. The number of pyridine rings is 2. The molecule has 29 heavy (non-hydrogen) atoms. The summed E-state index contributed by atoms with van der Waals surface area (Å²) in [5, 5.41) is 7.36. The maximum Gasteiger partial charge on any atom is 0.416 e. The fraction of sp³-hybridized carbons (Fsp3) is 0.150. The van der Waals surface area contributed by atoms with Crippen LogP contribution in [-0.4, -0.2) is 19.6 Å². The number of fused-ring (bicyclic) bond motifs is 1. The third kappa shape index (κ3) is 3.84. The molecule has 0 saturated heterocycles. The van der Waals surface area contributed by atoms with Crippen LogP contribution in [0.25, 0.3) is 5.65 Å². The van der Waals surface area contributed by atoms with Gasteiger partial charge in [0.05, 0.1) is 11.3 Å². The standard InChI is InChI=1S/C20H16F3N5O/c1-12(13-9-10-24-18(29)11-13)16-3-2-4-17-26-19(27-28(16)17)25-15-7-5-14(6-8-15)20(21,22)23/h2-12H,1H3,(H,24,29)(H,25,27). The molecule has 0 amide bonds. The first-order chi connectivity index (χ1) is 13.8. The number of hydrogen-bond acceptors (Lipinski definition) is 4. The largest absolute Gasteiger partial charge is 0.416 e. The molecule has 4 rings (SSSR count). The lowest BCUT2D eigenvalue weighted by Crippen LogP contribution is -2.09. The van der Waals surface area contributed by atoms with E-state index in [9.17, 15) is 18.0 Å². The number of hydrogen-bond donors (Lipinski definition) is 2. The zero-order chi connectivity index (χ0) is 20.6. The highest BCUT2D eigenvalue weighted by atomic mass is 19.4. The Morgan fingerprint density at radius 3 is 2.55 bits per heavy atom. The van der Waals surface area contributed by atoms with Gasteiger partial charge in [0.2, 0.25) is 11.5 Å². The second-order valence-electron chi connectivity index (χ2n) is 6.56. The first-order valence-electron chi connectivity index (χ1n) is 8.80. The summed E-state index contributed by atoms with van der Waals surface area (Å²) in [5.41, 5.74) is 1.76. The minimum absolute atomic E-state index is 0.124. The molecule has 0 aliphatic heterocycles. The van der Waals surface area contributed by atoms with Gasteiger partial charge in [-0.2, -0.15) is 18.2 Å². The van der Waals surface area contributed by atoms with Crippen LogP contribution in [0.15, 0.2) is 65.6 Å². The molecule has 0 fully saturated rings. The first kappa shape index (κ1) is 18.7. The van der Waals surface area contributed by atoms with E-state index in [1.807, 2.05) is 25.1 Å². The SMILES string of the molecule is CC(c1cc[nH]c(=O)c1)c1cccc2nc(Nc3ccc(C(F)(F)F)cc3)nn12. The number of nitrogens with one attached hydrogen (secondary N) is 2. The van der Waals surface area contributed by atoms with Gasteiger partial charge in [-0.3, -0.25) is 4.79 Å². The van der Waals surface area contributed by atoms with Crippen molar-refractivity contribution in [3.8, 4) is 0 Å².